The molecule has 10 heteroatoms. The first-order valence-electron chi connectivity index (χ1n) is 12.1. The molecule has 2 atom stereocenters. The van der Waals surface area contributed by atoms with Gasteiger partial charge in [0.1, 0.15) is 16.7 Å². The third kappa shape index (κ3) is 7.75. The summed E-state index contributed by atoms with van der Waals surface area (Å²) >= 11 is 3.01. The Hall–Kier alpha value is -3.00. The van der Waals surface area contributed by atoms with Crippen molar-refractivity contribution in [2.24, 2.45) is 11.8 Å². The van der Waals surface area contributed by atoms with Gasteiger partial charge in [-0.25, -0.2) is 15.0 Å². The highest BCUT2D eigenvalue weighted by molar-refractivity contribution is 8.01. The maximum Gasteiger partial charge on any atom is 0.223 e. The molecule has 3 heterocycles. The van der Waals surface area contributed by atoms with Crippen LogP contribution in [-0.2, 0) is 16.0 Å². The zero-order valence-corrected chi connectivity index (χ0v) is 22.1. The zero-order valence-electron chi connectivity index (χ0n) is 20.4. The summed E-state index contributed by atoms with van der Waals surface area (Å²) in [5, 5.41) is 18.3. The molecule has 3 aromatic rings. The number of nitriles is 1. The van der Waals surface area contributed by atoms with E-state index in [2.05, 4.69) is 35.5 Å². The zero-order chi connectivity index (χ0) is 25.3. The second kappa shape index (κ2) is 12.8. The van der Waals surface area contributed by atoms with Gasteiger partial charge < -0.3 is 15.4 Å². The molecule has 2 aromatic heterocycles. The van der Waals surface area contributed by atoms with Gasteiger partial charge in [0, 0.05) is 48.8 Å². The van der Waals surface area contributed by atoms with Crippen molar-refractivity contribution in [3.05, 3.63) is 53.3 Å². The van der Waals surface area contributed by atoms with Gasteiger partial charge in [-0.3, -0.25) is 4.79 Å². The Bertz CT molecular complexity index is 1190. The van der Waals surface area contributed by atoms with Crippen molar-refractivity contribution in [3.8, 4) is 6.07 Å². The van der Waals surface area contributed by atoms with Crippen molar-refractivity contribution in [2.75, 3.05) is 18.5 Å². The fraction of sp³-hybridized carbons (Fsp3) is 0.423. The lowest BCUT2D eigenvalue weighted by molar-refractivity contribution is -0.126. The van der Waals surface area contributed by atoms with Crippen LogP contribution in [0.2, 0.25) is 0 Å². The molecule has 1 saturated heterocycles. The summed E-state index contributed by atoms with van der Waals surface area (Å²) in [6.45, 7) is 5.53. The van der Waals surface area contributed by atoms with Gasteiger partial charge in [0.05, 0.1) is 17.7 Å². The van der Waals surface area contributed by atoms with Crippen molar-refractivity contribution in [1.29, 1.82) is 5.26 Å². The minimum absolute atomic E-state index is 0.0111. The summed E-state index contributed by atoms with van der Waals surface area (Å²) in [6.07, 6.45) is 5.05. The molecule has 0 spiro atoms. The van der Waals surface area contributed by atoms with Crippen LogP contribution in [0.4, 0.5) is 11.5 Å². The third-order valence-corrected chi connectivity index (χ3v) is 7.50. The predicted molar refractivity (Wildman–Crippen MR) is 141 cm³/mol. The number of rotatable bonds is 11. The third-order valence-electron chi connectivity index (χ3n) is 5.70. The van der Waals surface area contributed by atoms with Crippen molar-refractivity contribution in [2.45, 2.75) is 55.0 Å². The van der Waals surface area contributed by atoms with Crippen LogP contribution >= 0.6 is 23.1 Å². The first-order chi connectivity index (χ1) is 17.5. The number of anilines is 2. The molecule has 4 rings (SSSR count). The van der Waals surface area contributed by atoms with Gasteiger partial charge in [-0.1, -0.05) is 19.9 Å². The van der Waals surface area contributed by atoms with E-state index in [-0.39, 0.29) is 17.9 Å². The number of hydrogen-bond acceptors (Lipinski definition) is 9. The van der Waals surface area contributed by atoms with Crippen LogP contribution in [0.1, 0.15) is 44.5 Å². The number of nitrogens with zero attached hydrogens (tertiary/aromatic N) is 4. The van der Waals surface area contributed by atoms with E-state index in [1.165, 1.54) is 11.8 Å². The summed E-state index contributed by atoms with van der Waals surface area (Å²) in [5.74, 6) is 1.31. The minimum atomic E-state index is -0.249. The van der Waals surface area contributed by atoms with E-state index in [1.54, 1.807) is 29.7 Å². The molecule has 0 bridgehead atoms. The lowest BCUT2D eigenvalue weighted by Crippen LogP contribution is -2.37. The summed E-state index contributed by atoms with van der Waals surface area (Å²) < 4.78 is 6.54. The van der Waals surface area contributed by atoms with E-state index >= 15 is 0 Å². The maximum absolute atomic E-state index is 13.1. The topological polar surface area (TPSA) is 113 Å². The average molecular weight is 523 g/mol. The molecule has 1 fully saturated rings. The second-order valence-electron chi connectivity index (χ2n) is 9.14. The highest BCUT2D eigenvalue weighted by Gasteiger charge is 2.24. The van der Waals surface area contributed by atoms with E-state index in [0.717, 1.165) is 40.9 Å². The monoisotopic (exact) mass is 522 g/mol. The summed E-state index contributed by atoms with van der Waals surface area (Å²) in [6, 6.07) is 11.3. The Morgan fingerprint density at radius 1 is 1.33 bits per heavy atom. The molecule has 1 unspecified atom stereocenters. The fourth-order valence-electron chi connectivity index (χ4n) is 4.08. The summed E-state index contributed by atoms with van der Waals surface area (Å²) in [7, 11) is 0. The molecule has 2 N–H and O–H groups in total. The Labute approximate surface area is 219 Å². The van der Waals surface area contributed by atoms with E-state index in [4.69, 9.17) is 14.7 Å². The molecule has 1 aliphatic heterocycles. The summed E-state index contributed by atoms with van der Waals surface area (Å²) in [4.78, 5) is 27.0. The molecular formula is C26H30N6O2S2. The number of ether oxygens (including phenoxy) is 1. The maximum atomic E-state index is 13.1. The number of carbonyl (C=O) groups is 1. The molecule has 188 valence electrons. The fourth-order valence-corrected chi connectivity index (χ4v) is 5.67. The van der Waals surface area contributed by atoms with E-state index in [1.807, 2.05) is 23.6 Å². The van der Waals surface area contributed by atoms with Crippen LogP contribution in [-0.4, -0.2) is 40.1 Å². The largest absolute Gasteiger partial charge is 0.376 e. The molecule has 1 aromatic carbocycles. The number of hydrogen-bond donors (Lipinski definition) is 2. The van der Waals surface area contributed by atoms with Gasteiger partial charge >= 0.3 is 0 Å². The second-order valence-corrected chi connectivity index (χ2v) is 11.3. The highest BCUT2D eigenvalue weighted by atomic mass is 32.2. The van der Waals surface area contributed by atoms with Crippen molar-refractivity contribution < 1.29 is 9.53 Å². The lowest BCUT2D eigenvalue weighted by atomic mass is 9.93. The normalized spacial score (nSPS) is 16.0. The van der Waals surface area contributed by atoms with Crippen molar-refractivity contribution in [1.82, 2.24) is 20.3 Å². The SMILES string of the molecule is CC(C)C[C@@H](Cc1nc(Nc2cccc(C#N)c2)cc(Sc2nccs2)n1)C(=O)NCC1CCCO1. The molecule has 0 radical (unpaired) electrons. The number of amides is 1. The molecule has 0 saturated carbocycles. The van der Waals surface area contributed by atoms with Gasteiger partial charge in [-0.15, -0.1) is 11.3 Å². The van der Waals surface area contributed by atoms with Crippen LogP contribution in [0.3, 0.4) is 0 Å². The van der Waals surface area contributed by atoms with E-state index in [0.29, 0.717) is 36.1 Å². The Balaban J connectivity index is 1.55. The highest BCUT2D eigenvalue weighted by Crippen LogP contribution is 2.30. The molecule has 0 aliphatic carbocycles. The number of aromatic nitrogens is 3. The summed E-state index contributed by atoms with van der Waals surface area (Å²) in [5.41, 5.74) is 1.32. The number of carbonyl (C=O) groups excluding carboxylic acids is 1. The van der Waals surface area contributed by atoms with Crippen LogP contribution in [0.15, 0.2) is 51.3 Å². The van der Waals surface area contributed by atoms with Gasteiger partial charge in [0.25, 0.3) is 0 Å². The average Bonchev–Trinajstić information content (AvgIpc) is 3.56. The standard InChI is InChI=1S/C26H30N6O2S2/c1-17(2)11-19(25(33)29-16-21-7-4-9-34-21)13-22-31-23(30-20-6-3-5-18(12-20)15-27)14-24(32-22)36-26-28-8-10-35-26/h3,5-6,8,10,12,14,17,19,21H,4,7,9,11,13,16H2,1-2H3,(H,29,33)(H,30,31,32)/t19-,21?/m0/s1. The predicted octanol–water partition coefficient (Wildman–Crippen LogP) is 5.20. The van der Waals surface area contributed by atoms with Gasteiger partial charge in [-0.05, 0) is 55.1 Å². The Morgan fingerprint density at radius 3 is 2.94 bits per heavy atom. The number of benzene rings is 1. The van der Waals surface area contributed by atoms with Crippen LogP contribution in [0.25, 0.3) is 0 Å². The van der Waals surface area contributed by atoms with Crippen molar-refractivity contribution in [3.63, 3.8) is 0 Å². The lowest BCUT2D eigenvalue weighted by Gasteiger charge is -2.20. The first kappa shape index (κ1) is 26.1. The van der Waals surface area contributed by atoms with E-state index in [9.17, 15) is 10.1 Å². The van der Waals surface area contributed by atoms with Gasteiger partial charge in [0.15, 0.2) is 4.34 Å². The number of thiazole rings is 1. The molecular weight excluding hydrogens is 492 g/mol. The minimum Gasteiger partial charge on any atom is -0.376 e. The van der Waals surface area contributed by atoms with Crippen LogP contribution in [0, 0.1) is 23.2 Å². The van der Waals surface area contributed by atoms with Crippen molar-refractivity contribution >= 4 is 40.5 Å². The molecule has 8 nitrogen and oxygen atoms in total. The Morgan fingerprint density at radius 2 is 2.22 bits per heavy atom. The van der Waals surface area contributed by atoms with Gasteiger partial charge in [0.2, 0.25) is 5.91 Å². The molecule has 1 amide bonds. The first-order valence-corrected chi connectivity index (χ1v) is 13.8. The molecule has 1 aliphatic rings. The van der Waals surface area contributed by atoms with Crippen LogP contribution < -0.4 is 10.6 Å². The van der Waals surface area contributed by atoms with Gasteiger partial charge in [-0.2, -0.15) is 5.26 Å². The smallest absolute Gasteiger partial charge is 0.223 e. The molecule has 36 heavy (non-hydrogen) atoms. The number of nitrogens with one attached hydrogen (secondary N) is 2. The van der Waals surface area contributed by atoms with E-state index < -0.39 is 0 Å². The quantitative estimate of drug-likeness (QED) is 0.331. The van der Waals surface area contributed by atoms with Crippen LogP contribution in [0.5, 0.6) is 0 Å². The Kier molecular flexibility index (Phi) is 9.28.